The van der Waals surface area contributed by atoms with Crippen molar-refractivity contribution >= 4 is 39.2 Å². The summed E-state index contributed by atoms with van der Waals surface area (Å²) in [6, 6.07) is 7.37. The molecular formula is C16H11BrClF3N2O3. The third-order valence-corrected chi connectivity index (χ3v) is 4.61. The highest BCUT2D eigenvalue weighted by Gasteiger charge is 2.65. The van der Waals surface area contributed by atoms with Crippen LogP contribution in [0.4, 0.5) is 23.7 Å². The van der Waals surface area contributed by atoms with Gasteiger partial charge in [0.1, 0.15) is 0 Å². The van der Waals surface area contributed by atoms with Crippen LogP contribution in [0.1, 0.15) is 5.56 Å². The lowest BCUT2D eigenvalue weighted by Gasteiger charge is -2.29. The second-order valence-electron chi connectivity index (χ2n) is 5.45. The molecule has 0 bridgehead atoms. The van der Waals surface area contributed by atoms with Crippen LogP contribution < -0.4 is 20.1 Å². The Kier molecular flexibility index (Phi) is 4.70. The zero-order chi connectivity index (χ0) is 19.1. The van der Waals surface area contributed by atoms with Crippen molar-refractivity contribution in [3.63, 3.8) is 0 Å². The number of carbonyl (C=O) groups excluding carboxylic acids is 1. The van der Waals surface area contributed by atoms with Gasteiger partial charge in [0.15, 0.2) is 11.5 Å². The summed E-state index contributed by atoms with van der Waals surface area (Å²) < 4.78 is 51.3. The van der Waals surface area contributed by atoms with E-state index < -0.39 is 18.1 Å². The number of anilines is 1. The number of rotatable bonds is 2. The summed E-state index contributed by atoms with van der Waals surface area (Å²) in [5.74, 6) is -3.77. The lowest BCUT2D eigenvalue weighted by molar-refractivity contribution is -0.317. The molecule has 1 atom stereocenters. The Morgan fingerprint density at radius 2 is 1.85 bits per heavy atom. The fourth-order valence-electron chi connectivity index (χ4n) is 2.25. The molecule has 2 aromatic carbocycles. The summed E-state index contributed by atoms with van der Waals surface area (Å²) in [5.41, 5.74) is 1.10. The van der Waals surface area contributed by atoms with Crippen molar-refractivity contribution in [2.75, 3.05) is 5.32 Å². The normalized spacial score (nSPS) is 18.5. The van der Waals surface area contributed by atoms with Crippen molar-refractivity contribution in [2.45, 2.75) is 19.0 Å². The van der Waals surface area contributed by atoms with Crippen LogP contribution in [0, 0.1) is 6.92 Å². The summed E-state index contributed by atoms with van der Waals surface area (Å²) in [5, 5.41) is 4.19. The highest BCUT2D eigenvalue weighted by molar-refractivity contribution is 9.10. The maximum Gasteiger partial charge on any atom is 0.492 e. The van der Waals surface area contributed by atoms with E-state index in [4.69, 9.17) is 21.1 Å². The summed E-state index contributed by atoms with van der Waals surface area (Å²) in [4.78, 5) is 12.1. The standard InChI is InChI=1S/C16H11BrClF3N2O3/c1-8-6-10(3-4-11(8)17)22-14(24)23-16(15(19,20)21)25-12-5-2-9(18)7-13(12)26-16/h2-7H,1H3,(H2,22,23,24). The van der Waals surface area contributed by atoms with Crippen molar-refractivity contribution in [1.82, 2.24) is 5.32 Å². The van der Waals surface area contributed by atoms with E-state index in [-0.39, 0.29) is 16.5 Å². The van der Waals surface area contributed by atoms with Gasteiger partial charge < -0.3 is 14.8 Å². The number of halogens is 5. The fraction of sp³-hybridized carbons (Fsp3) is 0.188. The van der Waals surface area contributed by atoms with Gasteiger partial charge in [-0.15, -0.1) is 0 Å². The maximum absolute atomic E-state index is 13.6. The van der Waals surface area contributed by atoms with E-state index in [0.717, 1.165) is 10.0 Å². The molecular weight excluding hydrogens is 441 g/mol. The number of ether oxygens (including phenoxy) is 2. The Balaban J connectivity index is 1.82. The van der Waals surface area contributed by atoms with E-state index in [9.17, 15) is 18.0 Å². The molecule has 138 valence electrons. The van der Waals surface area contributed by atoms with Crippen LogP contribution in [0.25, 0.3) is 0 Å². The number of aryl methyl sites for hydroxylation is 1. The van der Waals surface area contributed by atoms with Crippen molar-refractivity contribution in [1.29, 1.82) is 0 Å². The van der Waals surface area contributed by atoms with Crippen LogP contribution >= 0.6 is 27.5 Å². The van der Waals surface area contributed by atoms with Gasteiger partial charge in [-0.05, 0) is 42.8 Å². The number of carbonyl (C=O) groups is 1. The third kappa shape index (κ3) is 3.54. The fourth-order valence-corrected chi connectivity index (χ4v) is 2.66. The number of alkyl halides is 3. The van der Waals surface area contributed by atoms with Crippen LogP contribution in [-0.2, 0) is 0 Å². The van der Waals surface area contributed by atoms with Crippen molar-refractivity contribution < 1.29 is 27.4 Å². The zero-order valence-corrected chi connectivity index (χ0v) is 15.4. The monoisotopic (exact) mass is 450 g/mol. The number of hydrogen-bond acceptors (Lipinski definition) is 3. The zero-order valence-electron chi connectivity index (χ0n) is 13.1. The SMILES string of the molecule is Cc1cc(NC(=O)NC2(C(F)(F)F)Oc3ccc(Cl)cc3O2)ccc1Br. The molecule has 1 unspecified atom stereocenters. The summed E-state index contributed by atoms with van der Waals surface area (Å²) in [6.45, 7) is 1.77. The first-order chi connectivity index (χ1) is 12.1. The molecule has 1 aliphatic heterocycles. The number of fused-ring (bicyclic) bond motifs is 1. The van der Waals surface area contributed by atoms with Gasteiger partial charge in [0.25, 0.3) is 0 Å². The topological polar surface area (TPSA) is 59.6 Å². The van der Waals surface area contributed by atoms with Gasteiger partial charge in [0.2, 0.25) is 0 Å². The van der Waals surface area contributed by atoms with E-state index in [1.807, 2.05) is 0 Å². The van der Waals surface area contributed by atoms with Gasteiger partial charge in [-0.1, -0.05) is 27.5 Å². The van der Waals surface area contributed by atoms with Crippen molar-refractivity contribution in [2.24, 2.45) is 0 Å². The molecule has 2 aromatic rings. The second kappa shape index (κ2) is 6.55. The van der Waals surface area contributed by atoms with Crippen LogP contribution in [0.15, 0.2) is 40.9 Å². The Morgan fingerprint density at radius 3 is 2.50 bits per heavy atom. The molecule has 0 radical (unpaired) electrons. The predicted octanol–water partition coefficient (Wildman–Crippen LogP) is 5.22. The largest absolute Gasteiger partial charge is 0.492 e. The van der Waals surface area contributed by atoms with Crippen LogP contribution in [0.3, 0.4) is 0 Å². The van der Waals surface area contributed by atoms with Crippen molar-refractivity contribution in [3.8, 4) is 11.5 Å². The van der Waals surface area contributed by atoms with E-state index in [1.54, 1.807) is 24.4 Å². The van der Waals surface area contributed by atoms with Crippen LogP contribution in [-0.4, -0.2) is 18.1 Å². The molecule has 0 saturated heterocycles. The first kappa shape index (κ1) is 18.7. The molecule has 2 N–H and O–H groups in total. The molecule has 3 rings (SSSR count). The first-order valence-electron chi connectivity index (χ1n) is 7.19. The highest BCUT2D eigenvalue weighted by Crippen LogP contribution is 2.46. The number of amides is 2. The molecule has 1 heterocycles. The summed E-state index contributed by atoms with van der Waals surface area (Å²) in [7, 11) is 0. The lowest BCUT2D eigenvalue weighted by atomic mass is 10.2. The van der Waals surface area contributed by atoms with Gasteiger partial charge >= 0.3 is 18.1 Å². The molecule has 5 nitrogen and oxygen atoms in total. The second-order valence-corrected chi connectivity index (χ2v) is 6.74. The van der Waals surface area contributed by atoms with Crippen LogP contribution in [0.5, 0.6) is 11.5 Å². The third-order valence-electron chi connectivity index (χ3n) is 3.48. The Hall–Kier alpha value is -2.13. The average molecular weight is 452 g/mol. The van der Waals surface area contributed by atoms with E-state index >= 15 is 0 Å². The smallest absolute Gasteiger partial charge is 0.424 e. The Morgan fingerprint density at radius 1 is 1.15 bits per heavy atom. The highest BCUT2D eigenvalue weighted by atomic mass is 79.9. The maximum atomic E-state index is 13.6. The molecule has 26 heavy (non-hydrogen) atoms. The number of benzene rings is 2. The summed E-state index contributed by atoms with van der Waals surface area (Å²) in [6.07, 6.45) is -5.05. The number of hydrogen-bond donors (Lipinski definition) is 2. The number of urea groups is 1. The van der Waals surface area contributed by atoms with Gasteiger partial charge in [-0.2, -0.15) is 13.2 Å². The van der Waals surface area contributed by atoms with E-state index in [2.05, 4.69) is 21.2 Å². The number of nitrogens with one attached hydrogen (secondary N) is 2. The Bertz CT molecular complexity index is 878. The lowest BCUT2D eigenvalue weighted by Crippen LogP contribution is -2.65. The average Bonchev–Trinajstić information content (AvgIpc) is 2.89. The molecule has 0 fully saturated rings. The Labute approximate surface area is 159 Å². The van der Waals surface area contributed by atoms with E-state index in [0.29, 0.717) is 5.69 Å². The molecule has 0 aromatic heterocycles. The molecule has 2 amide bonds. The minimum Gasteiger partial charge on any atom is -0.424 e. The van der Waals surface area contributed by atoms with E-state index in [1.165, 1.54) is 24.3 Å². The predicted molar refractivity (Wildman–Crippen MR) is 92.5 cm³/mol. The molecule has 0 aliphatic carbocycles. The first-order valence-corrected chi connectivity index (χ1v) is 8.36. The minimum atomic E-state index is -5.05. The molecule has 10 heteroatoms. The van der Waals surface area contributed by atoms with Gasteiger partial charge in [-0.3, -0.25) is 5.32 Å². The van der Waals surface area contributed by atoms with Gasteiger partial charge in [-0.25, -0.2) is 4.79 Å². The van der Waals surface area contributed by atoms with Crippen molar-refractivity contribution in [3.05, 3.63) is 51.5 Å². The van der Waals surface area contributed by atoms with Gasteiger partial charge in [0.05, 0.1) is 0 Å². The molecule has 0 saturated carbocycles. The molecule has 1 aliphatic rings. The quantitative estimate of drug-likeness (QED) is 0.658. The minimum absolute atomic E-state index is 0.167. The van der Waals surface area contributed by atoms with Gasteiger partial charge in [0, 0.05) is 21.2 Å². The molecule has 0 spiro atoms. The van der Waals surface area contributed by atoms with Crippen LogP contribution in [0.2, 0.25) is 5.02 Å². The summed E-state index contributed by atoms with van der Waals surface area (Å²) >= 11 is 9.05.